The number of ether oxygens (including phenoxy) is 1. The van der Waals surface area contributed by atoms with E-state index >= 15 is 0 Å². The van der Waals surface area contributed by atoms with Crippen LogP contribution in [0.15, 0.2) is 0 Å². The van der Waals surface area contributed by atoms with Gasteiger partial charge in [0.15, 0.2) is 0 Å². The molecule has 0 aromatic heterocycles. The van der Waals surface area contributed by atoms with Crippen LogP contribution in [0.2, 0.25) is 0 Å². The molecule has 0 heterocycles. The number of hydrogen-bond donors (Lipinski definition) is 2. The van der Waals surface area contributed by atoms with E-state index < -0.39 is 0 Å². The number of carbonyl (C=O) groups is 1. The van der Waals surface area contributed by atoms with Gasteiger partial charge in [-0.3, -0.25) is 4.79 Å². The summed E-state index contributed by atoms with van der Waals surface area (Å²) in [5.74, 6) is 0.413. The van der Waals surface area contributed by atoms with Crippen LogP contribution in [0.1, 0.15) is 19.3 Å². The molecule has 1 rings (SSSR count). The molecule has 1 amide bonds. The lowest BCUT2D eigenvalue weighted by Gasteiger charge is -2.16. The molecule has 5 heteroatoms. The molecule has 1 atom stereocenters. The zero-order valence-electron chi connectivity index (χ0n) is 8.29. The Balaban J connectivity index is 2.31. The van der Waals surface area contributed by atoms with Crippen LogP contribution in [0.5, 0.6) is 0 Å². The minimum atomic E-state index is -0.116. The molecule has 1 aliphatic rings. The minimum absolute atomic E-state index is 0.0449. The first-order valence-corrected chi connectivity index (χ1v) is 5.13. The standard InChI is InChI=1S/C9H16N2O2S/c1-13-5-4-7(12)11-8(9(10)14)6-2-3-6/h6,8H,2-5H2,1H3,(H2,10,14)(H,11,12). The highest BCUT2D eigenvalue weighted by Gasteiger charge is 2.33. The van der Waals surface area contributed by atoms with Crippen molar-refractivity contribution < 1.29 is 9.53 Å². The molecule has 0 bridgehead atoms. The van der Waals surface area contributed by atoms with Gasteiger partial charge in [-0.1, -0.05) is 12.2 Å². The van der Waals surface area contributed by atoms with Crippen molar-refractivity contribution >= 4 is 23.1 Å². The third-order valence-corrected chi connectivity index (χ3v) is 2.50. The van der Waals surface area contributed by atoms with Crippen LogP contribution < -0.4 is 11.1 Å². The van der Waals surface area contributed by atoms with Gasteiger partial charge in [0.05, 0.1) is 17.6 Å². The fourth-order valence-corrected chi connectivity index (χ4v) is 1.54. The molecule has 0 aliphatic heterocycles. The number of nitrogens with two attached hydrogens (primary N) is 1. The third kappa shape index (κ3) is 3.59. The molecule has 1 unspecified atom stereocenters. The predicted octanol–water partition coefficient (Wildman–Crippen LogP) is 0.204. The van der Waals surface area contributed by atoms with Crippen molar-refractivity contribution in [2.45, 2.75) is 25.3 Å². The lowest BCUT2D eigenvalue weighted by Crippen LogP contribution is -2.45. The smallest absolute Gasteiger partial charge is 0.222 e. The maximum absolute atomic E-state index is 11.3. The Bertz CT molecular complexity index is 229. The van der Waals surface area contributed by atoms with Gasteiger partial charge in [0.2, 0.25) is 5.91 Å². The molecule has 14 heavy (non-hydrogen) atoms. The van der Waals surface area contributed by atoms with Crippen LogP contribution in [0.3, 0.4) is 0 Å². The Hall–Kier alpha value is -0.680. The average Bonchev–Trinajstić information content (AvgIpc) is 2.93. The highest BCUT2D eigenvalue weighted by atomic mass is 32.1. The molecule has 0 aromatic rings. The van der Waals surface area contributed by atoms with Gasteiger partial charge in [0.25, 0.3) is 0 Å². The van der Waals surface area contributed by atoms with Gasteiger partial charge >= 0.3 is 0 Å². The summed E-state index contributed by atoms with van der Waals surface area (Å²) in [7, 11) is 1.57. The third-order valence-electron chi connectivity index (χ3n) is 2.25. The number of thiocarbonyl (C=S) groups is 1. The molecule has 3 N–H and O–H groups in total. The summed E-state index contributed by atoms with van der Waals surface area (Å²) in [4.78, 5) is 11.7. The molecule has 80 valence electrons. The van der Waals surface area contributed by atoms with Crippen molar-refractivity contribution in [1.29, 1.82) is 0 Å². The monoisotopic (exact) mass is 216 g/mol. The normalized spacial score (nSPS) is 17.5. The fraction of sp³-hybridized carbons (Fsp3) is 0.778. The molecular weight excluding hydrogens is 200 g/mol. The molecule has 0 aromatic carbocycles. The highest BCUT2D eigenvalue weighted by molar-refractivity contribution is 7.80. The van der Waals surface area contributed by atoms with E-state index in [4.69, 9.17) is 22.7 Å². The maximum atomic E-state index is 11.3. The van der Waals surface area contributed by atoms with Gasteiger partial charge in [0.1, 0.15) is 0 Å². The first-order chi connectivity index (χ1) is 6.65. The Morgan fingerprint density at radius 3 is 2.79 bits per heavy atom. The van der Waals surface area contributed by atoms with E-state index in [1.54, 1.807) is 7.11 Å². The summed E-state index contributed by atoms with van der Waals surface area (Å²) in [5.41, 5.74) is 5.54. The summed E-state index contributed by atoms with van der Waals surface area (Å²) in [6, 6.07) is -0.116. The van der Waals surface area contributed by atoms with Crippen molar-refractivity contribution in [3.63, 3.8) is 0 Å². The zero-order chi connectivity index (χ0) is 10.6. The number of rotatable bonds is 6. The van der Waals surface area contributed by atoms with Crippen molar-refractivity contribution in [2.75, 3.05) is 13.7 Å². The van der Waals surface area contributed by atoms with Gasteiger partial charge in [-0.2, -0.15) is 0 Å². The minimum Gasteiger partial charge on any atom is -0.392 e. The fourth-order valence-electron chi connectivity index (χ4n) is 1.29. The maximum Gasteiger partial charge on any atom is 0.222 e. The summed E-state index contributed by atoms with van der Waals surface area (Å²) in [6.07, 6.45) is 2.57. The van der Waals surface area contributed by atoms with Crippen LogP contribution >= 0.6 is 12.2 Å². The second-order valence-corrected chi connectivity index (χ2v) is 4.00. The molecule has 0 spiro atoms. The lowest BCUT2D eigenvalue weighted by molar-refractivity contribution is -0.122. The van der Waals surface area contributed by atoms with E-state index in [1.165, 1.54) is 0 Å². The van der Waals surface area contributed by atoms with E-state index in [2.05, 4.69) is 5.32 Å². The SMILES string of the molecule is COCCC(=O)NC(C(N)=S)C1CC1. The van der Waals surface area contributed by atoms with E-state index in [1.807, 2.05) is 0 Å². The van der Waals surface area contributed by atoms with E-state index in [0.717, 1.165) is 12.8 Å². The van der Waals surface area contributed by atoms with Gasteiger partial charge in [-0.15, -0.1) is 0 Å². The van der Waals surface area contributed by atoms with E-state index in [9.17, 15) is 4.79 Å². The summed E-state index contributed by atoms with van der Waals surface area (Å²) in [5, 5.41) is 2.83. The molecule has 1 saturated carbocycles. The van der Waals surface area contributed by atoms with Gasteiger partial charge in [0, 0.05) is 13.5 Å². The van der Waals surface area contributed by atoms with Crippen LogP contribution in [0, 0.1) is 5.92 Å². The lowest BCUT2D eigenvalue weighted by atomic mass is 10.2. The topological polar surface area (TPSA) is 64.3 Å². The molecule has 0 radical (unpaired) electrons. The number of amides is 1. The molecular formula is C9H16N2O2S. The van der Waals surface area contributed by atoms with Gasteiger partial charge in [-0.25, -0.2) is 0 Å². The van der Waals surface area contributed by atoms with E-state index in [0.29, 0.717) is 23.9 Å². The van der Waals surface area contributed by atoms with Crippen LogP contribution in [0.25, 0.3) is 0 Å². The largest absolute Gasteiger partial charge is 0.392 e. The second-order valence-electron chi connectivity index (χ2n) is 3.53. The first-order valence-electron chi connectivity index (χ1n) is 4.72. The van der Waals surface area contributed by atoms with Crippen molar-refractivity contribution in [3.05, 3.63) is 0 Å². The number of methoxy groups -OCH3 is 1. The van der Waals surface area contributed by atoms with Crippen LogP contribution in [-0.4, -0.2) is 30.7 Å². The van der Waals surface area contributed by atoms with Crippen molar-refractivity contribution in [3.8, 4) is 0 Å². The number of carbonyl (C=O) groups excluding carboxylic acids is 1. The van der Waals surface area contributed by atoms with Crippen molar-refractivity contribution in [2.24, 2.45) is 11.7 Å². The van der Waals surface area contributed by atoms with Crippen LogP contribution in [-0.2, 0) is 9.53 Å². The summed E-state index contributed by atoms with van der Waals surface area (Å²) in [6.45, 7) is 0.431. The quantitative estimate of drug-likeness (QED) is 0.623. The summed E-state index contributed by atoms with van der Waals surface area (Å²) < 4.78 is 4.81. The summed E-state index contributed by atoms with van der Waals surface area (Å²) >= 11 is 4.90. The molecule has 4 nitrogen and oxygen atoms in total. The highest BCUT2D eigenvalue weighted by Crippen LogP contribution is 2.32. The van der Waals surface area contributed by atoms with Gasteiger partial charge < -0.3 is 15.8 Å². The van der Waals surface area contributed by atoms with Gasteiger partial charge in [-0.05, 0) is 18.8 Å². The Morgan fingerprint density at radius 1 is 1.71 bits per heavy atom. The Kier molecular flexibility index (Phi) is 4.28. The zero-order valence-corrected chi connectivity index (χ0v) is 9.10. The predicted molar refractivity (Wildman–Crippen MR) is 57.9 cm³/mol. The van der Waals surface area contributed by atoms with E-state index in [-0.39, 0.29) is 11.9 Å². The average molecular weight is 216 g/mol. The van der Waals surface area contributed by atoms with Crippen LogP contribution in [0.4, 0.5) is 0 Å². The molecule has 1 fully saturated rings. The molecule has 1 aliphatic carbocycles. The Morgan fingerprint density at radius 2 is 2.36 bits per heavy atom. The van der Waals surface area contributed by atoms with Crippen molar-refractivity contribution in [1.82, 2.24) is 5.32 Å². The molecule has 0 saturated heterocycles. The Labute approximate surface area is 89.2 Å². The first kappa shape index (κ1) is 11.4. The second kappa shape index (κ2) is 5.26. The number of hydrogen-bond acceptors (Lipinski definition) is 3. The number of nitrogens with one attached hydrogen (secondary N) is 1.